The van der Waals surface area contributed by atoms with Gasteiger partial charge in [-0.05, 0) is 32.9 Å². The summed E-state index contributed by atoms with van der Waals surface area (Å²) in [6.07, 6.45) is 0. The van der Waals surface area contributed by atoms with E-state index in [-0.39, 0.29) is 6.61 Å². The number of carbonyl (C=O) groups is 2. The minimum Gasteiger partial charge on any atom is -0.463 e. The summed E-state index contributed by atoms with van der Waals surface area (Å²) in [7, 11) is 0. The molecule has 92 valence electrons. The Labute approximate surface area is 101 Å². The Morgan fingerprint density at radius 2 is 1.76 bits per heavy atom. The van der Waals surface area contributed by atoms with Gasteiger partial charge < -0.3 is 9.47 Å². The van der Waals surface area contributed by atoms with Crippen molar-refractivity contribution in [3.8, 4) is 0 Å². The van der Waals surface area contributed by atoms with Crippen LogP contribution in [-0.2, 0) is 14.3 Å². The third-order valence-electron chi connectivity index (χ3n) is 2.12. The summed E-state index contributed by atoms with van der Waals surface area (Å²) in [5.74, 6) is -1.09. The molecule has 0 bridgehead atoms. The largest absolute Gasteiger partial charge is 0.463 e. The van der Waals surface area contributed by atoms with E-state index < -0.39 is 17.5 Å². The molecule has 1 rings (SSSR count). The van der Waals surface area contributed by atoms with Gasteiger partial charge in [-0.25, -0.2) is 9.59 Å². The monoisotopic (exact) mass is 236 g/mol. The average Bonchev–Trinajstić information content (AvgIpc) is 2.30. The minimum atomic E-state index is -1.27. The van der Waals surface area contributed by atoms with Gasteiger partial charge in [0, 0.05) is 0 Å². The lowest BCUT2D eigenvalue weighted by Gasteiger charge is -2.22. The standard InChI is InChI=1S/C13H16O4/c1-4-16-12(15)13(2,3)17-11(14)10-8-6-5-7-9-10/h5-9H,4H2,1-3H3. The van der Waals surface area contributed by atoms with Crippen LogP contribution in [0.4, 0.5) is 0 Å². The van der Waals surface area contributed by atoms with Crippen LogP contribution in [0.25, 0.3) is 0 Å². The Morgan fingerprint density at radius 3 is 2.29 bits per heavy atom. The number of hydrogen-bond acceptors (Lipinski definition) is 4. The predicted octanol–water partition coefficient (Wildman–Crippen LogP) is 2.19. The fourth-order valence-corrected chi connectivity index (χ4v) is 1.21. The normalized spacial score (nSPS) is 10.8. The van der Waals surface area contributed by atoms with Crippen molar-refractivity contribution in [1.29, 1.82) is 0 Å². The zero-order chi connectivity index (χ0) is 12.9. The number of rotatable bonds is 4. The van der Waals surface area contributed by atoms with Gasteiger partial charge >= 0.3 is 11.9 Å². The van der Waals surface area contributed by atoms with E-state index in [0.717, 1.165) is 0 Å². The van der Waals surface area contributed by atoms with Gasteiger partial charge in [0.1, 0.15) is 0 Å². The van der Waals surface area contributed by atoms with Gasteiger partial charge in [0.2, 0.25) is 5.60 Å². The van der Waals surface area contributed by atoms with Crippen molar-refractivity contribution in [3.05, 3.63) is 35.9 Å². The van der Waals surface area contributed by atoms with Crippen molar-refractivity contribution in [2.24, 2.45) is 0 Å². The van der Waals surface area contributed by atoms with Crippen molar-refractivity contribution in [1.82, 2.24) is 0 Å². The first-order valence-corrected chi connectivity index (χ1v) is 5.43. The van der Waals surface area contributed by atoms with Gasteiger partial charge in [0.15, 0.2) is 0 Å². The van der Waals surface area contributed by atoms with Crippen LogP contribution in [0.1, 0.15) is 31.1 Å². The molecular weight excluding hydrogens is 220 g/mol. The van der Waals surface area contributed by atoms with Gasteiger partial charge in [0.05, 0.1) is 12.2 Å². The molecule has 1 aromatic rings. The Kier molecular flexibility index (Phi) is 4.26. The maximum Gasteiger partial charge on any atom is 0.350 e. The summed E-state index contributed by atoms with van der Waals surface area (Å²) in [6.45, 7) is 4.97. The maximum absolute atomic E-state index is 11.7. The summed E-state index contributed by atoms with van der Waals surface area (Å²) in [4.78, 5) is 23.3. The van der Waals surface area contributed by atoms with Crippen molar-refractivity contribution in [3.63, 3.8) is 0 Å². The number of ether oxygens (including phenoxy) is 2. The van der Waals surface area contributed by atoms with E-state index in [9.17, 15) is 9.59 Å². The minimum absolute atomic E-state index is 0.255. The second kappa shape index (κ2) is 5.48. The molecule has 1 aromatic carbocycles. The smallest absolute Gasteiger partial charge is 0.350 e. The van der Waals surface area contributed by atoms with Gasteiger partial charge in [-0.3, -0.25) is 0 Å². The average molecular weight is 236 g/mol. The SMILES string of the molecule is CCOC(=O)C(C)(C)OC(=O)c1ccccc1. The highest BCUT2D eigenvalue weighted by molar-refractivity contribution is 5.92. The van der Waals surface area contributed by atoms with Crippen LogP contribution >= 0.6 is 0 Å². The molecule has 0 saturated heterocycles. The van der Waals surface area contributed by atoms with Crippen molar-refractivity contribution in [2.75, 3.05) is 6.61 Å². The van der Waals surface area contributed by atoms with Gasteiger partial charge in [-0.15, -0.1) is 0 Å². The zero-order valence-electron chi connectivity index (χ0n) is 10.2. The van der Waals surface area contributed by atoms with E-state index >= 15 is 0 Å². The highest BCUT2D eigenvalue weighted by atomic mass is 16.6. The summed E-state index contributed by atoms with van der Waals surface area (Å²) >= 11 is 0. The fourth-order valence-electron chi connectivity index (χ4n) is 1.21. The number of benzene rings is 1. The Bertz CT molecular complexity index is 395. The van der Waals surface area contributed by atoms with Crippen LogP contribution in [0.3, 0.4) is 0 Å². The number of hydrogen-bond donors (Lipinski definition) is 0. The van der Waals surface area contributed by atoms with E-state index in [1.54, 1.807) is 37.3 Å². The molecule has 0 unspecified atom stereocenters. The zero-order valence-corrected chi connectivity index (χ0v) is 10.2. The van der Waals surface area contributed by atoms with E-state index in [1.165, 1.54) is 13.8 Å². The predicted molar refractivity (Wildman–Crippen MR) is 62.6 cm³/mol. The number of carbonyl (C=O) groups excluding carboxylic acids is 2. The molecule has 0 spiro atoms. The van der Waals surface area contributed by atoms with Crippen molar-refractivity contribution in [2.45, 2.75) is 26.4 Å². The van der Waals surface area contributed by atoms with Crippen LogP contribution in [0.2, 0.25) is 0 Å². The molecule has 0 aliphatic heterocycles. The molecule has 0 saturated carbocycles. The third-order valence-corrected chi connectivity index (χ3v) is 2.12. The summed E-state index contributed by atoms with van der Waals surface area (Å²) < 4.78 is 9.95. The van der Waals surface area contributed by atoms with Crippen LogP contribution in [0.15, 0.2) is 30.3 Å². The molecule has 17 heavy (non-hydrogen) atoms. The molecule has 0 aliphatic rings. The fraction of sp³-hybridized carbons (Fsp3) is 0.385. The van der Waals surface area contributed by atoms with E-state index in [0.29, 0.717) is 5.56 Å². The van der Waals surface area contributed by atoms with Gasteiger partial charge in [-0.1, -0.05) is 18.2 Å². The summed E-state index contributed by atoms with van der Waals surface area (Å²) in [5.41, 5.74) is -0.868. The second-order valence-corrected chi connectivity index (χ2v) is 3.99. The summed E-state index contributed by atoms with van der Waals surface area (Å²) in [5, 5.41) is 0. The first kappa shape index (κ1) is 13.2. The molecule has 4 heteroatoms. The lowest BCUT2D eigenvalue weighted by Crippen LogP contribution is -2.38. The molecule has 0 heterocycles. The first-order valence-electron chi connectivity index (χ1n) is 5.43. The van der Waals surface area contributed by atoms with Gasteiger partial charge in [-0.2, -0.15) is 0 Å². The highest BCUT2D eigenvalue weighted by Crippen LogP contribution is 2.15. The van der Waals surface area contributed by atoms with Crippen molar-refractivity contribution < 1.29 is 19.1 Å². The highest BCUT2D eigenvalue weighted by Gasteiger charge is 2.33. The van der Waals surface area contributed by atoms with Crippen molar-refractivity contribution >= 4 is 11.9 Å². The first-order chi connectivity index (χ1) is 7.97. The van der Waals surface area contributed by atoms with E-state index in [1.807, 2.05) is 0 Å². The molecule has 4 nitrogen and oxygen atoms in total. The van der Waals surface area contributed by atoms with E-state index in [4.69, 9.17) is 9.47 Å². The molecule has 0 radical (unpaired) electrons. The quantitative estimate of drug-likeness (QED) is 0.752. The van der Waals surface area contributed by atoms with Crippen LogP contribution in [-0.4, -0.2) is 24.1 Å². The molecule has 0 aliphatic carbocycles. The molecule has 0 amide bonds. The Hall–Kier alpha value is -1.84. The van der Waals surface area contributed by atoms with Crippen LogP contribution < -0.4 is 0 Å². The molecule has 0 atom stereocenters. The van der Waals surface area contributed by atoms with Gasteiger partial charge in [0.25, 0.3) is 0 Å². The lowest BCUT2D eigenvalue weighted by molar-refractivity contribution is -0.161. The molecular formula is C13H16O4. The summed E-state index contributed by atoms with van der Waals surface area (Å²) in [6, 6.07) is 8.52. The third kappa shape index (κ3) is 3.59. The van der Waals surface area contributed by atoms with Crippen LogP contribution in [0, 0.1) is 0 Å². The molecule has 0 aromatic heterocycles. The lowest BCUT2D eigenvalue weighted by atomic mass is 10.1. The van der Waals surface area contributed by atoms with E-state index in [2.05, 4.69) is 0 Å². The molecule has 0 fully saturated rings. The second-order valence-electron chi connectivity index (χ2n) is 3.99. The van der Waals surface area contributed by atoms with Crippen LogP contribution in [0.5, 0.6) is 0 Å². The Balaban J connectivity index is 2.71. The topological polar surface area (TPSA) is 52.6 Å². The number of esters is 2. The molecule has 0 N–H and O–H groups in total. The maximum atomic E-state index is 11.7. The Morgan fingerprint density at radius 1 is 1.18 bits per heavy atom.